The molecule has 0 rings (SSSR count). The molecule has 534 valence electrons. The molecule has 0 radical (unpaired) electrons. The van der Waals surface area contributed by atoms with Gasteiger partial charge < -0.3 is 33.8 Å². The first-order valence-electron chi connectivity index (χ1n) is 37.1. The Morgan fingerprint density at radius 1 is 0.300 bits per heavy atom. The van der Waals surface area contributed by atoms with Crippen LogP contribution in [0.2, 0.25) is 0 Å². The van der Waals surface area contributed by atoms with E-state index >= 15 is 0 Å². The average molecular weight is 1330 g/mol. The number of unbranched alkanes of at least 4 members (excludes halogenated alkanes) is 43. The maximum Gasteiger partial charge on any atom is 0.472 e. The Bertz CT molecular complexity index is 1740. The number of aliphatic hydroxyl groups excluding tert-OH is 1. The largest absolute Gasteiger partial charge is 0.472 e. The van der Waals surface area contributed by atoms with Crippen LogP contribution < -0.4 is 0 Å². The van der Waals surface area contributed by atoms with Gasteiger partial charge >= 0.3 is 39.5 Å². The highest BCUT2D eigenvalue weighted by Gasteiger charge is 2.30. The number of phosphoric ester groups is 2. The summed E-state index contributed by atoms with van der Waals surface area (Å²) in [5.41, 5.74) is 0. The number of carbonyl (C=O) groups excluding carboxylic acids is 4. The number of rotatable bonds is 71. The summed E-state index contributed by atoms with van der Waals surface area (Å²) in [5, 5.41) is 10.6. The van der Waals surface area contributed by atoms with Crippen molar-refractivity contribution in [2.75, 3.05) is 39.6 Å². The van der Waals surface area contributed by atoms with Gasteiger partial charge in [0, 0.05) is 25.7 Å². The van der Waals surface area contributed by atoms with E-state index in [4.69, 9.17) is 37.0 Å². The molecule has 0 aromatic carbocycles. The predicted octanol–water partition coefficient (Wildman–Crippen LogP) is 20.5. The fraction of sp³-hybridized carbons (Fsp3) is 0.944. The van der Waals surface area contributed by atoms with Crippen molar-refractivity contribution in [3.05, 3.63) is 0 Å². The van der Waals surface area contributed by atoms with Crippen molar-refractivity contribution in [1.29, 1.82) is 0 Å². The molecule has 0 aromatic rings. The lowest BCUT2D eigenvalue weighted by atomic mass is 10.0. The van der Waals surface area contributed by atoms with Gasteiger partial charge in [-0.05, 0) is 31.6 Å². The Kier molecular flexibility index (Phi) is 63.0. The number of ether oxygens (including phenoxy) is 4. The second kappa shape index (κ2) is 64.4. The van der Waals surface area contributed by atoms with Crippen LogP contribution in [0.15, 0.2) is 0 Å². The van der Waals surface area contributed by atoms with Crippen LogP contribution >= 0.6 is 15.6 Å². The van der Waals surface area contributed by atoms with Crippen molar-refractivity contribution in [1.82, 2.24) is 0 Å². The van der Waals surface area contributed by atoms with E-state index in [1.54, 1.807) is 0 Å². The molecule has 3 N–H and O–H groups in total. The SMILES string of the molecule is CCCCCCCCCCCCCCCCC(=O)OC[C@H](COP(=O)(O)OC[C@@H](O)COP(=O)(O)OC[C@@H](COC(=O)CCCCCCC)OC(=O)CCCCCCCCCCCCCCCC)OC(=O)CCCCCCCCCCCCCCCCC(C)C. The highest BCUT2D eigenvalue weighted by atomic mass is 31.2. The van der Waals surface area contributed by atoms with Crippen LogP contribution in [0.1, 0.15) is 369 Å². The summed E-state index contributed by atoms with van der Waals surface area (Å²) in [7, 11) is -9.89. The smallest absolute Gasteiger partial charge is 0.462 e. The van der Waals surface area contributed by atoms with Crippen molar-refractivity contribution < 1.29 is 80.2 Å². The summed E-state index contributed by atoms with van der Waals surface area (Å²) in [6, 6.07) is 0. The van der Waals surface area contributed by atoms with Gasteiger partial charge in [-0.3, -0.25) is 37.3 Å². The molecule has 2 unspecified atom stereocenters. The van der Waals surface area contributed by atoms with Gasteiger partial charge in [0.2, 0.25) is 0 Å². The quantitative estimate of drug-likeness (QED) is 0.0222. The molecule has 0 saturated heterocycles. The minimum absolute atomic E-state index is 0.107. The van der Waals surface area contributed by atoms with Crippen molar-refractivity contribution in [2.45, 2.75) is 387 Å². The zero-order chi connectivity index (χ0) is 66.3. The highest BCUT2D eigenvalue weighted by Crippen LogP contribution is 2.45. The number of hydrogen-bond acceptors (Lipinski definition) is 15. The molecule has 0 bridgehead atoms. The van der Waals surface area contributed by atoms with E-state index in [1.807, 2.05) is 0 Å². The van der Waals surface area contributed by atoms with Gasteiger partial charge in [0.15, 0.2) is 12.2 Å². The first kappa shape index (κ1) is 88.1. The van der Waals surface area contributed by atoms with E-state index in [1.165, 1.54) is 186 Å². The Labute approximate surface area is 549 Å². The molecule has 90 heavy (non-hydrogen) atoms. The van der Waals surface area contributed by atoms with E-state index in [2.05, 4.69) is 34.6 Å². The highest BCUT2D eigenvalue weighted by molar-refractivity contribution is 7.47. The lowest BCUT2D eigenvalue weighted by molar-refractivity contribution is -0.161. The van der Waals surface area contributed by atoms with Crippen molar-refractivity contribution in [3.8, 4) is 0 Å². The summed E-state index contributed by atoms with van der Waals surface area (Å²) >= 11 is 0. The normalized spacial score (nSPS) is 14.1. The minimum atomic E-state index is -4.95. The zero-order valence-corrected chi connectivity index (χ0v) is 60.1. The number of phosphoric acid groups is 2. The van der Waals surface area contributed by atoms with Crippen LogP contribution in [-0.4, -0.2) is 96.7 Å². The predicted molar refractivity (Wildman–Crippen MR) is 363 cm³/mol. The Morgan fingerprint density at radius 2 is 0.511 bits per heavy atom. The van der Waals surface area contributed by atoms with Gasteiger partial charge in [-0.25, -0.2) is 9.13 Å². The Hall–Kier alpha value is -1.94. The van der Waals surface area contributed by atoms with Crippen molar-refractivity contribution in [2.24, 2.45) is 5.92 Å². The van der Waals surface area contributed by atoms with Gasteiger partial charge in [-0.2, -0.15) is 0 Å². The standard InChI is InChI=1S/C71H138O17P2/c1-6-9-12-15-17-19-21-23-28-32-36-40-45-50-55-69(74)82-61-67(88-71(76)57-52-47-42-38-34-30-26-25-27-31-35-39-44-48-53-64(4)5)63-86-90(79,80)84-59-65(72)58-83-89(77,78)85-62-66(60-81-68(73)54-49-43-14-11-8-3)87-70(75)56-51-46-41-37-33-29-24-22-20-18-16-13-10-7-2/h64-67,72H,6-63H2,1-5H3,(H,77,78)(H,79,80)/t65-,66+,67+/m0/s1. The van der Waals surface area contributed by atoms with Crippen molar-refractivity contribution >= 4 is 39.5 Å². The fourth-order valence-corrected chi connectivity index (χ4v) is 12.4. The zero-order valence-electron chi connectivity index (χ0n) is 58.3. The molecule has 0 aliphatic carbocycles. The van der Waals surface area contributed by atoms with E-state index in [0.717, 1.165) is 102 Å². The Morgan fingerprint density at radius 3 is 0.756 bits per heavy atom. The number of carbonyl (C=O) groups is 4. The molecular weight excluding hydrogens is 1190 g/mol. The summed E-state index contributed by atoms with van der Waals surface area (Å²) in [4.78, 5) is 72.3. The summed E-state index contributed by atoms with van der Waals surface area (Å²) < 4.78 is 68.1. The van der Waals surface area contributed by atoms with Gasteiger partial charge in [0.1, 0.15) is 19.3 Å². The molecule has 0 saturated carbocycles. The number of esters is 4. The van der Waals surface area contributed by atoms with Crippen LogP contribution in [0, 0.1) is 5.92 Å². The maximum atomic E-state index is 13.0. The van der Waals surface area contributed by atoms with Gasteiger partial charge in [-0.1, -0.05) is 317 Å². The second-order valence-electron chi connectivity index (χ2n) is 26.1. The van der Waals surface area contributed by atoms with E-state index in [9.17, 15) is 43.2 Å². The van der Waals surface area contributed by atoms with Gasteiger partial charge in [0.05, 0.1) is 26.4 Å². The number of hydrogen-bond donors (Lipinski definition) is 3. The van der Waals surface area contributed by atoms with Gasteiger partial charge in [-0.15, -0.1) is 0 Å². The lowest BCUT2D eigenvalue weighted by Crippen LogP contribution is -2.30. The third-order valence-electron chi connectivity index (χ3n) is 16.5. The molecule has 0 amide bonds. The first-order chi connectivity index (χ1) is 43.5. The third-order valence-corrected chi connectivity index (χ3v) is 18.4. The maximum absolute atomic E-state index is 13.0. The molecule has 0 aliphatic rings. The fourth-order valence-electron chi connectivity index (χ4n) is 10.8. The molecule has 5 atom stereocenters. The Balaban J connectivity index is 5.15. The van der Waals surface area contributed by atoms with E-state index < -0.39 is 97.5 Å². The monoisotopic (exact) mass is 1320 g/mol. The van der Waals surface area contributed by atoms with E-state index in [0.29, 0.717) is 25.7 Å². The summed E-state index contributed by atoms with van der Waals surface area (Å²) in [6.07, 6.45) is 51.6. The molecule has 0 aliphatic heterocycles. The minimum Gasteiger partial charge on any atom is -0.462 e. The van der Waals surface area contributed by atoms with Gasteiger partial charge in [0.25, 0.3) is 0 Å². The number of aliphatic hydroxyl groups is 1. The molecule has 0 heterocycles. The molecular formula is C71H138O17P2. The van der Waals surface area contributed by atoms with E-state index in [-0.39, 0.29) is 25.7 Å². The average Bonchev–Trinajstić information content (AvgIpc) is 2.97. The van der Waals surface area contributed by atoms with Crippen LogP contribution in [0.25, 0.3) is 0 Å². The van der Waals surface area contributed by atoms with Crippen LogP contribution in [0.4, 0.5) is 0 Å². The third kappa shape index (κ3) is 64.8. The lowest BCUT2D eigenvalue weighted by Gasteiger charge is -2.21. The molecule has 19 heteroatoms. The van der Waals surface area contributed by atoms with Crippen LogP contribution in [-0.2, 0) is 65.4 Å². The molecule has 0 fully saturated rings. The van der Waals surface area contributed by atoms with Crippen LogP contribution in [0.3, 0.4) is 0 Å². The summed E-state index contributed by atoms with van der Waals surface area (Å²) in [6.45, 7) is 7.20. The summed E-state index contributed by atoms with van der Waals surface area (Å²) in [5.74, 6) is -1.33. The molecule has 0 aromatic heterocycles. The first-order valence-corrected chi connectivity index (χ1v) is 40.1. The van der Waals surface area contributed by atoms with Crippen molar-refractivity contribution in [3.63, 3.8) is 0 Å². The molecule has 0 spiro atoms. The molecule has 17 nitrogen and oxygen atoms in total. The second-order valence-corrected chi connectivity index (χ2v) is 29.0. The van der Waals surface area contributed by atoms with Crippen LogP contribution in [0.5, 0.6) is 0 Å². The topological polar surface area (TPSA) is 237 Å².